The number of nitrogens with zero attached hydrogens (tertiary/aromatic N) is 5. The maximum Gasteiger partial charge on any atom is 0.232 e. The molecule has 1 aliphatic carbocycles. The molecular formula is C22H25N7O2S. The molecule has 3 aromatic rings. The van der Waals surface area contributed by atoms with E-state index in [1.54, 1.807) is 19.2 Å². The van der Waals surface area contributed by atoms with Crippen LogP contribution in [-0.4, -0.2) is 37.2 Å². The fourth-order valence-electron chi connectivity index (χ4n) is 3.83. The van der Waals surface area contributed by atoms with Crippen molar-refractivity contribution in [2.75, 3.05) is 10.6 Å². The first-order valence-electron chi connectivity index (χ1n) is 10.7. The molecule has 2 atom stereocenters. The Morgan fingerprint density at radius 1 is 1.00 bits per heavy atom. The van der Waals surface area contributed by atoms with Crippen LogP contribution in [0.15, 0.2) is 36.5 Å². The molecule has 0 bridgehead atoms. The standard InChI is InChI=1S/C22H25N7O2S/c1-2-19(30)24-18-9-8-17(26-27-18)12-14-6-7-15(11-14)21-28-29-22(32-21)25-20(31)13-16-5-3-4-10-23-16/h3-5,8-10,14-15H,2,6-7,11-13H2,1H3,(H,24,27,30)(H,25,29,31)/t14-,15+/m0/s1. The minimum Gasteiger partial charge on any atom is -0.309 e. The second-order valence-corrected chi connectivity index (χ2v) is 8.89. The first-order chi connectivity index (χ1) is 15.6. The SMILES string of the molecule is CCC(=O)Nc1ccc(C[C@H]2CC[C@@H](c3nnc(NC(=O)Cc4ccccn4)s3)C2)nn1. The summed E-state index contributed by atoms with van der Waals surface area (Å²) in [5, 5.41) is 23.9. The summed E-state index contributed by atoms with van der Waals surface area (Å²) in [7, 11) is 0. The highest BCUT2D eigenvalue weighted by atomic mass is 32.1. The minimum atomic E-state index is -0.146. The normalized spacial score (nSPS) is 17.8. The van der Waals surface area contributed by atoms with E-state index in [0.717, 1.165) is 42.1 Å². The molecule has 3 aromatic heterocycles. The van der Waals surface area contributed by atoms with Crippen LogP contribution in [0.4, 0.5) is 10.9 Å². The van der Waals surface area contributed by atoms with Gasteiger partial charge in [0.1, 0.15) is 5.01 Å². The molecule has 1 aliphatic rings. The van der Waals surface area contributed by atoms with E-state index in [9.17, 15) is 9.59 Å². The Morgan fingerprint density at radius 2 is 1.91 bits per heavy atom. The van der Waals surface area contributed by atoms with Gasteiger partial charge in [-0.15, -0.1) is 15.3 Å². The van der Waals surface area contributed by atoms with Crippen LogP contribution in [0.1, 0.15) is 54.9 Å². The largest absolute Gasteiger partial charge is 0.309 e. The Morgan fingerprint density at radius 3 is 2.66 bits per heavy atom. The molecule has 0 radical (unpaired) electrons. The second kappa shape index (κ2) is 10.4. The predicted molar refractivity (Wildman–Crippen MR) is 121 cm³/mol. The highest BCUT2D eigenvalue weighted by Crippen LogP contribution is 2.41. The average Bonchev–Trinajstić information content (AvgIpc) is 3.45. The molecule has 0 aromatic carbocycles. The van der Waals surface area contributed by atoms with Crippen LogP contribution in [0, 0.1) is 5.92 Å². The smallest absolute Gasteiger partial charge is 0.232 e. The molecule has 2 amide bonds. The Balaban J connectivity index is 1.27. The molecule has 1 fully saturated rings. The van der Waals surface area contributed by atoms with Crippen molar-refractivity contribution in [2.24, 2.45) is 5.92 Å². The summed E-state index contributed by atoms with van der Waals surface area (Å²) in [5.74, 6) is 1.10. The lowest BCUT2D eigenvalue weighted by Gasteiger charge is -2.09. The molecule has 1 saturated carbocycles. The fraction of sp³-hybridized carbons (Fsp3) is 0.409. The molecule has 0 unspecified atom stereocenters. The first kappa shape index (κ1) is 21.9. The molecule has 4 rings (SSSR count). The fourth-order valence-corrected chi connectivity index (χ4v) is 4.73. The van der Waals surface area contributed by atoms with E-state index in [2.05, 4.69) is 36.0 Å². The maximum absolute atomic E-state index is 12.2. The lowest BCUT2D eigenvalue weighted by molar-refractivity contribution is -0.116. The van der Waals surface area contributed by atoms with Crippen molar-refractivity contribution >= 4 is 34.1 Å². The summed E-state index contributed by atoms with van der Waals surface area (Å²) in [6.45, 7) is 1.80. The predicted octanol–water partition coefficient (Wildman–Crippen LogP) is 3.38. The van der Waals surface area contributed by atoms with E-state index in [-0.39, 0.29) is 18.2 Å². The van der Waals surface area contributed by atoms with E-state index < -0.39 is 0 Å². The van der Waals surface area contributed by atoms with Gasteiger partial charge in [-0.3, -0.25) is 14.6 Å². The molecule has 2 N–H and O–H groups in total. The van der Waals surface area contributed by atoms with Crippen LogP contribution < -0.4 is 10.6 Å². The van der Waals surface area contributed by atoms with Crippen molar-refractivity contribution in [3.05, 3.63) is 52.9 Å². The van der Waals surface area contributed by atoms with Crippen molar-refractivity contribution in [1.29, 1.82) is 0 Å². The van der Waals surface area contributed by atoms with Gasteiger partial charge in [-0.05, 0) is 55.9 Å². The molecule has 9 nitrogen and oxygen atoms in total. The third-order valence-electron chi connectivity index (χ3n) is 5.45. The van der Waals surface area contributed by atoms with Crippen LogP contribution in [0.5, 0.6) is 0 Å². The summed E-state index contributed by atoms with van der Waals surface area (Å²) in [4.78, 5) is 27.8. The van der Waals surface area contributed by atoms with Gasteiger partial charge in [0.05, 0.1) is 12.1 Å². The van der Waals surface area contributed by atoms with Gasteiger partial charge >= 0.3 is 0 Å². The molecule has 0 aliphatic heterocycles. The first-order valence-corrected chi connectivity index (χ1v) is 11.6. The number of carbonyl (C=O) groups is 2. The number of carbonyl (C=O) groups excluding carboxylic acids is 2. The molecular weight excluding hydrogens is 426 g/mol. The number of hydrogen-bond donors (Lipinski definition) is 2. The van der Waals surface area contributed by atoms with Gasteiger partial charge in [-0.1, -0.05) is 24.3 Å². The molecule has 0 saturated heterocycles. The highest BCUT2D eigenvalue weighted by molar-refractivity contribution is 7.15. The van der Waals surface area contributed by atoms with Crippen LogP contribution in [0.25, 0.3) is 0 Å². The van der Waals surface area contributed by atoms with Gasteiger partial charge in [-0.2, -0.15) is 5.10 Å². The van der Waals surface area contributed by atoms with Crippen molar-refractivity contribution in [3.8, 4) is 0 Å². The third kappa shape index (κ3) is 5.91. The van der Waals surface area contributed by atoms with Crippen molar-refractivity contribution < 1.29 is 9.59 Å². The minimum absolute atomic E-state index is 0.0740. The summed E-state index contributed by atoms with van der Waals surface area (Å²) in [6, 6.07) is 9.23. The van der Waals surface area contributed by atoms with Gasteiger partial charge < -0.3 is 10.6 Å². The van der Waals surface area contributed by atoms with Crippen LogP contribution >= 0.6 is 11.3 Å². The number of nitrogens with one attached hydrogen (secondary N) is 2. The summed E-state index contributed by atoms with van der Waals surface area (Å²) in [5.41, 5.74) is 1.64. The monoisotopic (exact) mass is 451 g/mol. The van der Waals surface area contributed by atoms with Crippen LogP contribution in [0.2, 0.25) is 0 Å². The number of hydrogen-bond acceptors (Lipinski definition) is 8. The molecule has 32 heavy (non-hydrogen) atoms. The Hall–Kier alpha value is -3.27. The van der Waals surface area contributed by atoms with Crippen molar-refractivity contribution in [1.82, 2.24) is 25.4 Å². The zero-order valence-electron chi connectivity index (χ0n) is 17.8. The van der Waals surface area contributed by atoms with Gasteiger partial charge in [-0.25, -0.2) is 0 Å². The molecule has 166 valence electrons. The zero-order chi connectivity index (χ0) is 22.3. The van der Waals surface area contributed by atoms with Crippen molar-refractivity contribution in [3.63, 3.8) is 0 Å². The maximum atomic E-state index is 12.2. The summed E-state index contributed by atoms with van der Waals surface area (Å²) < 4.78 is 0. The zero-order valence-corrected chi connectivity index (χ0v) is 18.6. The number of aromatic nitrogens is 5. The Bertz CT molecular complexity index is 1060. The summed E-state index contributed by atoms with van der Waals surface area (Å²) in [6.07, 6.45) is 6.27. The number of anilines is 2. The quantitative estimate of drug-likeness (QED) is 0.538. The van der Waals surface area contributed by atoms with Gasteiger partial charge in [0.2, 0.25) is 16.9 Å². The Labute approximate surface area is 190 Å². The highest BCUT2D eigenvalue weighted by Gasteiger charge is 2.29. The molecule has 0 spiro atoms. The lowest BCUT2D eigenvalue weighted by atomic mass is 10.00. The van der Waals surface area contributed by atoms with E-state index in [0.29, 0.717) is 29.2 Å². The third-order valence-corrected chi connectivity index (χ3v) is 6.45. The molecule has 3 heterocycles. The van der Waals surface area contributed by atoms with E-state index >= 15 is 0 Å². The van der Waals surface area contributed by atoms with Crippen LogP contribution in [0.3, 0.4) is 0 Å². The van der Waals surface area contributed by atoms with E-state index in [1.165, 1.54) is 11.3 Å². The van der Waals surface area contributed by atoms with Gasteiger partial charge in [0.15, 0.2) is 5.82 Å². The second-order valence-electron chi connectivity index (χ2n) is 7.88. The summed E-state index contributed by atoms with van der Waals surface area (Å²) >= 11 is 1.44. The van der Waals surface area contributed by atoms with E-state index in [1.807, 2.05) is 24.3 Å². The topological polar surface area (TPSA) is 123 Å². The van der Waals surface area contributed by atoms with Crippen molar-refractivity contribution in [2.45, 2.75) is 51.4 Å². The number of amides is 2. The average molecular weight is 452 g/mol. The molecule has 10 heteroatoms. The van der Waals surface area contributed by atoms with E-state index in [4.69, 9.17) is 0 Å². The van der Waals surface area contributed by atoms with Gasteiger partial charge in [0, 0.05) is 24.2 Å². The number of pyridine rings is 1. The Kier molecular flexibility index (Phi) is 7.10. The van der Waals surface area contributed by atoms with Gasteiger partial charge in [0.25, 0.3) is 0 Å². The van der Waals surface area contributed by atoms with Crippen LogP contribution in [-0.2, 0) is 22.4 Å². The number of rotatable bonds is 8. The lowest BCUT2D eigenvalue weighted by Crippen LogP contribution is -2.14.